The van der Waals surface area contributed by atoms with Gasteiger partial charge in [-0.25, -0.2) is 4.98 Å². The Bertz CT molecular complexity index is 377. The molecular formula is C10H14N2S. The predicted octanol–water partition coefficient (Wildman–Crippen LogP) is 2.98. The Hall–Kier alpha value is -0.830. The lowest BCUT2D eigenvalue weighted by Crippen LogP contribution is -2.09. The first-order chi connectivity index (χ1) is 6.04. The SMILES string of the molecule is CC(C)(C)Cc1cn2ccsc2n1. The third-order valence-corrected chi connectivity index (χ3v) is 2.63. The van der Waals surface area contributed by atoms with Crippen LogP contribution in [-0.4, -0.2) is 9.38 Å². The molecule has 0 saturated carbocycles. The van der Waals surface area contributed by atoms with Gasteiger partial charge in [0.25, 0.3) is 0 Å². The molecule has 0 atom stereocenters. The second-order valence-electron chi connectivity index (χ2n) is 4.56. The van der Waals surface area contributed by atoms with Crippen LogP contribution in [0.4, 0.5) is 0 Å². The largest absolute Gasteiger partial charge is 0.297 e. The van der Waals surface area contributed by atoms with Crippen molar-refractivity contribution in [3.05, 3.63) is 23.5 Å². The van der Waals surface area contributed by atoms with Crippen LogP contribution in [0.5, 0.6) is 0 Å². The molecule has 2 aromatic rings. The molecule has 70 valence electrons. The minimum absolute atomic E-state index is 0.323. The Morgan fingerprint density at radius 2 is 2.23 bits per heavy atom. The molecule has 2 rings (SSSR count). The summed E-state index contributed by atoms with van der Waals surface area (Å²) in [5, 5.41) is 2.06. The van der Waals surface area contributed by atoms with E-state index in [0.29, 0.717) is 5.41 Å². The molecule has 0 spiro atoms. The Morgan fingerprint density at radius 3 is 2.85 bits per heavy atom. The van der Waals surface area contributed by atoms with E-state index in [9.17, 15) is 0 Å². The minimum atomic E-state index is 0.323. The van der Waals surface area contributed by atoms with Crippen molar-refractivity contribution >= 4 is 16.3 Å². The molecule has 0 bridgehead atoms. The van der Waals surface area contributed by atoms with Crippen LogP contribution in [0, 0.1) is 5.41 Å². The fourth-order valence-corrected chi connectivity index (χ4v) is 2.12. The maximum atomic E-state index is 4.54. The maximum absolute atomic E-state index is 4.54. The van der Waals surface area contributed by atoms with E-state index >= 15 is 0 Å². The first kappa shape index (κ1) is 8.75. The van der Waals surface area contributed by atoms with Crippen LogP contribution in [0.25, 0.3) is 4.96 Å². The lowest BCUT2D eigenvalue weighted by molar-refractivity contribution is 0.407. The zero-order valence-electron chi connectivity index (χ0n) is 8.24. The molecule has 0 radical (unpaired) electrons. The first-order valence-corrected chi connectivity index (χ1v) is 5.34. The summed E-state index contributed by atoms with van der Waals surface area (Å²) in [5.74, 6) is 0. The number of rotatable bonds is 1. The summed E-state index contributed by atoms with van der Waals surface area (Å²) in [6.45, 7) is 6.71. The van der Waals surface area contributed by atoms with Gasteiger partial charge in [-0.05, 0) is 11.8 Å². The zero-order valence-corrected chi connectivity index (χ0v) is 9.06. The monoisotopic (exact) mass is 194 g/mol. The number of fused-ring (bicyclic) bond motifs is 1. The van der Waals surface area contributed by atoms with Crippen molar-refractivity contribution in [2.24, 2.45) is 5.41 Å². The molecule has 0 aliphatic rings. The summed E-state index contributed by atoms with van der Waals surface area (Å²) in [4.78, 5) is 5.64. The van der Waals surface area contributed by atoms with Gasteiger partial charge in [-0.2, -0.15) is 0 Å². The van der Waals surface area contributed by atoms with Crippen molar-refractivity contribution in [3.63, 3.8) is 0 Å². The molecule has 2 aromatic heterocycles. The molecule has 0 aliphatic heterocycles. The van der Waals surface area contributed by atoms with Crippen molar-refractivity contribution < 1.29 is 0 Å². The van der Waals surface area contributed by atoms with Crippen LogP contribution in [0.1, 0.15) is 26.5 Å². The Kier molecular flexibility index (Phi) is 1.91. The molecule has 0 unspecified atom stereocenters. The van der Waals surface area contributed by atoms with Crippen molar-refractivity contribution in [2.75, 3.05) is 0 Å². The van der Waals surface area contributed by atoms with Gasteiger partial charge >= 0.3 is 0 Å². The Balaban J connectivity index is 2.30. The number of thiazole rings is 1. The van der Waals surface area contributed by atoms with Gasteiger partial charge in [-0.3, -0.25) is 4.40 Å². The third kappa shape index (κ3) is 1.91. The Morgan fingerprint density at radius 1 is 1.46 bits per heavy atom. The second kappa shape index (κ2) is 2.84. The quantitative estimate of drug-likeness (QED) is 0.682. The average Bonchev–Trinajstić information content (AvgIpc) is 2.40. The number of hydrogen-bond acceptors (Lipinski definition) is 2. The lowest BCUT2D eigenvalue weighted by Gasteiger charge is -2.15. The predicted molar refractivity (Wildman–Crippen MR) is 56.2 cm³/mol. The number of imidazole rings is 1. The van der Waals surface area contributed by atoms with Gasteiger partial charge in [-0.1, -0.05) is 20.8 Å². The standard InChI is InChI=1S/C10H14N2S/c1-10(2,3)6-8-7-12-4-5-13-9(12)11-8/h4-5,7H,6H2,1-3H3. The summed E-state index contributed by atoms with van der Waals surface area (Å²) in [6.07, 6.45) is 5.22. The van der Waals surface area contributed by atoms with Gasteiger partial charge in [0, 0.05) is 17.8 Å². The molecule has 3 heteroatoms. The summed E-state index contributed by atoms with van der Waals surface area (Å²) in [7, 11) is 0. The van der Waals surface area contributed by atoms with Crippen LogP contribution in [0.15, 0.2) is 17.8 Å². The molecule has 0 amide bonds. The minimum Gasteiger partial charge on any atom is -0.297 e. The Labute approximate surface area is 82.2 Å². The van der Waals surface area contributed by atoms with Crippen molar-refractivity contribution in [3.8, 4) is 0 Å². The van der Waals surface area contributed by atoms with E-state index in [1.54, 1.807) is 11.3 Å². The van der Waals surface area contributed by atoms with Gasteiger partial charge in [0.05, 0.1) is 5.69 Å². The lowest BCUT2D eigenvalue weighted by atomic mass is 9.91. The van der Waals surface area contributed by atoms with Crippen molar-refractivity contribution in [1.29, 1.82) is 0 Å². The zero-order chi connectivity index (χ0) is 9.47. The fraction of sp³-hybridized carbons (Fsp3) is 0.500. The highest BCUT2D eigenvalue weighted by Gasteiger charge is 2.13. The van der Waals surface area contributed by atoms with E-state index in [2.05, 4.69) is 47.9 Å². The highest BCUT2D eigenvalue weighted by Crippen LogP contribution is 2.21. The summed E-state index contributed by atoms with van der Waals surface area (Å²) in [5.41, 5.74) is 1.52. The molecule has 2 heterocycles. The van der Waals surface area contributed by atoms with Crippen LogP contribution in [-0.2, 0) is 6.42 Å². The molecule has 0 fully saturated rings. The third-order valence-electron chi connectivity index (χ3n) is 1.85. The number of hydrogen-bond donors (Lipinski definition) is 0. The van der Waals surface area contributed by atoms with Crippen molar-refractivity contribution in [2.45, 2.75) is 27.2 Å². The van der Waals surface area contributed by atoms with Gasteiger partial charge in [0.15, 0.2) is 4.96 Å². The first-order valence-electron chi connectivity index (χ1n) is 4.46. The van der Waals surface area contributed by atoms with Gasteiger partial charge in [-0.15, -0.1) is 11.3 Å². The summed E-state index contributed by atoms with van der Waals surface area (Å²) >= 11 is 1.69. The van der Waals surface area contributed by atoms with E-state index < -0.39 is 0 Å². The highest BCUT2D eigenvalue weighted by molar-refractivity contribution is 7.15. The molecule has 0 aliphatic carbocycles. The smallest absolute Gasteiger partial charge is 0.193 e. The van der Waals surface area contributed by atoms with E-state index in [0.717, 1.165) is 11.4 Å². The van der Waals surface area contributed by atoms with E-state index in [1.165, 1.54) is 5.69 Å². The number of aromatic nitrogens is 2. The van der Waals surface area contributed by atoms with Gasteiger partial charge in [0.2, 0.25) is 0 Å². The van der Waals surface area contributed by atoms with Crippen molar-refractivity contribution in [1.82, 2.24) is 9.38 Å². The molecule has 0 N–H and O–H groups in total. The normalized spacial score (nSPS) is 12.5. The second-order valence-corrected chi connectivity index (χ2v) is 5.44. The van der Waals surface area contributed by atoms with E-state index in [4.69, 9.17) is 0 Å². The molecule has 0 saturated heterocycles. The summed E-state index contributed by atoms with van der Waals surface area (Å²) in [6, 6.07) is 0. The van der Waals surface area contributed by atoms with E-state index in [1.807, 2.05) is 0 Å². The van der Waals surface area contributed by atoms with Gasteiger partial charge in [0.1, 0.15) is 0 Å². The van der Waals surface area contributed by atoms with Crippen LogP contribution >= 0.6 is 11.3 Å². The average molecular weight is 194 g/mol. The van der Waals surface area contributed by atoms with Crippen LogP contribution in [0.2, 0.25) is 0 Å². The van der Waals surface area contributed by atoms with Gasteiger partial charge < -0.3 is 0 Å². The van der Waals surface area contributed by atoms with Crippen LogP contribution in [0.3, 0.4) is 0 Å². The molecule has 2 nitrogen and oxygen atoms in total. The maximum Gasteiger partial charge on any atom is 0.193 e. The topological polar surface area (TPSA) is 17.3 Å². The number of nitrogens with zero attached hydrogens (tertiary/aromatic N) is 2. The summed E-state index contributed by atoms with van der Waals surface area (Å²) < 4.78 is 2.09. The fourth-order valence-electron chi connectivity index (χ4n) is 1.40. The van der Waals surface area contributed by atoms with Crippen LogP contribution < -0.4 is 0 Å². The molecule has 13 heavy (non-hydrogen) atoms. The molecular weight excluding hydrogens is 180 g/mol. The molecule has 0 aromatic carbocycles. The van der Waals surface area contributed by atoms with E-state index in [-0.39, 0.29) is 0 Å². The highest BCUT2D eigenvalue weighted by atomic mass is 32.1.